The molecule has 0 bridgehead atoms. The maximum atomic E-state index is 11.6. The topological polar surface area (TPSA) is 72.9 Å². The lowest BCUT2D eigenvalue weighted by Gasteiger charge is -2.07. The minimum Gasteiger partial charge on any atom is -0.352 e. The summed E-state index contributed by atoms with van der Waals surface area (Å²) in [4.78, 5) is 11.6. The molecular weight excluding hydrogens is 252 g/mol. The van der Waals surface area contributed by atoms with Gasteiger partial charge in [-0.1, -0.05) is 0 Å². The molecule has 1 amide bonds. The summed E-state index contributed by atoms with van der Waals surface area (Å²) >= 11 is 0. The van der Waals surface area contributed by atoms with E-state index in [2.05, 4.69) is 10.4 Å². The number of carbonyl (C=O) groups excluding carboxylic acids is 1. The van der Waals surface area contributed by atoms with Gasteiger partial charge in [0.2, 0.25) is 5.91 Å². The Kier molecular flexibility index (Phi) is 6.94. The van der Waals surface area contributed by atoms with Crippen LogP contribution in [0.3, 0.4) is 0 Å². The molecule has 0 fully saturated rings. The van der Waals surface area contributed by atoms with Crippen molar-refractivity contribution in [2.24, 2.45) is 12.8 Å². The number of nitrogens with two attached hydrogens (primary N) is 1. The Labute approximate surface area is 115 Å². The van der Waals surface area contributed by atoms with E-state index >= 15 is 0 Å². The van der Waals surface area contributed by atoms with Gasteiger partial charge in [0.15, 0.2) is 0 Å². The van der Waals surface area contributed by atoms with Crippen molar-refractivity contribution in [1.29, 1.82) is 0 Å². The zero-order valence-electron chi connectivity index (χ0n) is 11.5. The summed E-state index contributed by atoms with van der Waals surface area (Å²) in [6, 6.07) is 0.0719. The van der Waals surface area contributed by atoms with Crippen LogP contribution in [0.25, 0.3) is 0 Å². The van der Waals surface area contributed by atoms with E-state index in [0.717, 1.165) is 23.4 Å². The molecular formula is C12H23ClN4O. The SMILES string of the molecule is Cc1nn(C)c(C)c1CNC(=O)CCC(C)N.Cl. The standard InChI is InChI=1S/C12H22N4O.ClH/c1-8(13)5-6-12(17)14-7-11-9(2)15-16(4)10(11)3;/h8H,5-7,13H2,1-4H3,(H,14,17);1H. The first kappa shape index (κ1) is 16.9. The van der Waals surface area contributed by atoms with Crippen LogP contribution in [0.15, 0.2) is 0 Å². The third-order valence-corrected chi connectivity index (χ3v) is 2.95. The highest BCUT2D eigenvalue weighted by Crippen LogP contribution is 2.11. The van der Waals surface area contributed by atoms with Gasteiger partial charge in [0, 0.05) is 37.3 Å². The van der Waals surface area contributed by atoms with Gasteiger partial charge in [-0.3, -0.25) is 9.48 Å². The minimum absolute atomic E-state index is 0. The first-order chi connectivity index (χ1) is 7.91. The number of hydrogen-bond donors (Lipinski definition) is 2. The molecule has 1 aromatic rings. The lowest BCUT2D eigenvalue weighted by Crippen LogP contribution is -2.25. The van der Waals surface area contributed by atoms with Crippen LogP contribution in [0, 0.1) is 13.8 Å². The zero-order valence-corrected chi connectivity index (χ0v) is 12.3. The second kappa shape index (κ2) is 7.38. The van der Waals surface area contributed by atoms with Crippen LogP contribution in [-0.2, 0) is 18.4 Å². The second-order valence-electron chi connectivity index (χ2n) is 4.57. The van der Waals surface area contributed by atoms with Crippen LogP contribution < -0.4 is 11.1 Å². The Morgan fingerprint density at radius 1 is 1.50 bits per heavy atom. The van der Waals surface area contributed by atoms with E-state index < -0.39 is 0 Å². The van der Waals surface area contributed by atoms with Crippen LogP contribution in [0.2, 0.25) is 0 Å². The Morgan fingerprint density at radius 3 is 2.56 bits per heavy atom. The molecule has 18 heavy (non-hydrogen) atoms. The number of aryl methyl sites for hydroxylation is 2. The summed E-state index contributed by atoms with van der Waals surface area (Å²) in [6.07, 6.45) is 1.20. The van der Waals surface area contributed by atoms with E-state index in [-0.39, 0.29) is 24.4 Å². The largest absolute Gasteiger partial charge is 0.352 e. The Balaban J connectivity index is 0.00000289. The number of hydrogen-bond acceptors (Lipinski definition) is 3. The van der Waals surface area contributed by atoms with Crippen molar-refractivity contribution >= 4 is 18.3 Å². The van der Waals surface area contributed by atoms with E-state index in [4.69, 9.17) is 5.73 Å². The second-order valence-corrected chi connectivity index (χ2v) is 4.57. The Morgan fingerprint density at radius 2 is 2.11 bits per heavy atom. The summed E-state index contributed by atoms with van der Waals surface area (Å²) < 4.78 is 1.83. The highest BCUT2D eigenvalue weighted by atomic mass is 35.5. The molecule has 0 aliphatic rings. The minimum atomic E-state index is 0. The van der Waals surface area contributed by atoms with Crippen molar-refractivity contribution < 1.29 is 4.79 Å². The normalized spacial score (nSPS) is 11.8. The number of rotatable bonds is 5. The van der Waals surface area contributed by atoms with Crippen LogP contribution in [0.1, 0.15) is 36.7 Å². The zero-order chi connectivity index (χ0) is 13.0. The van der Waals surface area contributed by atoms with E-state index in [0.29, 0.717) is 13.0 Å². The van der Waals surface area contributed by atoms with E-state index in [1.165, 1.54) is 0 Å². The third kappa shape index (κ3) is 4.66. The summed E-state index contributed by atoms with van der Waals surface area (Å²) in [5, 5.41) is 7.21. The van der Waals surface area contributed by atoms with Crippen LogP contribution in [0.5, 0.6) is 0 Å². The maximum Gasteiger partial charge on any atom is 0.220 e. The molecule has 0 saturated heterocycles. The summed E-state index contributed by atoms with van der Waals surface area (Å²) in [7, 11) is 1.91. The predicted molar refractivity (Wildman–Crippen MR) is 74.7 cm³/mol. The summed E-state index contributed by atoms with van der Waals surface area (Å²) in [6.45, 7) is 6.41. The molecule has 3 N–H and O–H groups in total. The molecule has 0 aromatic carbocycles. The summed E-state index contributed by atoms with van der Waals surface area (Å²) in [5.74, 6) is 0.0463. The molecule has 104 valence electrons. The number of carbonyl (C=O) groups is 1. The van der Waals surface area contributed by atoms with Gasteiger partial charge in [-0.2, -0.15) is 5.10 Å². The van der Waals surface area contributed by atoms with Crippen molar-refractivity contribution in [3.63, 3.8) is 0 Å². The average molecular weight is 275 g/mol. The Bertz CT molecular complexity index is 401. The fraction of sp³-hybridized carbons (Fsp3) is 0.667. The van der Waals surface area contributed by atoms with Gasteiger partial charge >= 0.3 is 0 Å². The van der Waals surface area contributed by atoms with Gasteiger partial charge < -0.3 is 11.1 Å². The molecule has 1 rings (SSSR count). The molecule has 0 aliphatic heterocycles. The van der Waals surface area contributed by atoms with Crippen LogP contribution in [0.4, 0.5) is 0 Å². The van der Waals surface area contributed by atoms with Gasteiger partial charge in [0.05, 0.1) is 5.69 Å². The Hall–Kier alpha value is -1.07. The molecule has 1 aromatic heterocycles. The number of halogens is 1. The van der Waals surface area contributed by atoms with Gasteiger partial charge in [0.25, 0.3) is 0 Å². The monoisotopic (exact) mass is 274 g/mol. The number of nitrogens with one attached hydrogen (secondary N) is 1. The van der Waals surface area contributed by atoms with Gasteiger partial charge in [-0.25, -0.2) is 0 Å². The fourth-order valence-corrected chi connectivity index (χ4v) is 1.71. The quantitative estimate of drug-likeness (QED) is 0.847. The first-order valence-electron chi connectivity index (χ1n) is 5.93. The van der Waals surface area contributed by atoms with E-state index in [1.807, 2.05) is 32.5 Å². The van der Waals surface area contributed by atoms with Crippen molar-refractivity contribution in [2.45, 2.75) is 46.2 Å². The van der Waals surface area contributed by atoms with Crippen LogP contribution in [-0.4, -0.2) is 21.7 Å². The fourth-order valence-electron chi connectivity index (χ4n) is 1.71. The van der Waals surface area contributed by atoms with E-state index in [9.17, 15) is 4.79 Å². The lowest BCUT2D eigenvalue weighted by atomic mass is 10.1. The molecule has 6 heteroatoms. The predicted octanol–water partition coefficient (Wildman–Crippen LogP) is 1.20. The molecule has 0 saturated carbocycles. The maximum absolute atomic E-state index is 11.6. The van der Waals surface area contributed by atoms with Crippen molar-refractivity contribution in [3.8, 4) is 0 Å². The number of amides is 1. The highest BCUT2D eigenvalue weighted by Gasteiger charge is 2.10. The molecule has 1 heterocycles. The lowest BCUT2D eigenvalue weighted by molar-refractivity contribution is -0.121. The van der Waals surface area contributed by atoms with E-state index in [1.54, 1.807) is 0 Å². The number of aromatic nitrogens is 2. The highest BCUT2D eigenvalue weighted by molar-refractivity contribution is 5.85. The van der Waals surface area contributed by atoms with Gasteiger partial charge in [-0.15, -0.1) is 12.4 Å². The number of nitrogens with zero attached hydrogens (tertiary/aromatic N) is 2. The van der Waals surface area contributed by atoms with Crippen molar-refractivity contribution in [1.82, 2.24) is 15.1 Å². The summed E-state index contributed by atoms with van der Waals surface area (Å²) in [5.41, 5.74) is 8.77. The molecule has 5 nitrogen and oxygen atoms in total. The van der Waals surface area contributed by atoms with Crippen molar-refractivity contribution in [3.05, 3.63) is 17.0 Å². The van der Waals surface area contributed by atoms with Gasteiger partial charge in [0.1, 0.15) is 0 Å². The first-order valence-corrected chi connectivity index (χ1v) is 5.93. The smallest absolute Gasteiger partial charge is 0.220 e. The average Bonchev–Trinajstić information content (AvgIpc) is 2.48. The van der Waals surface area contributed by atoms with Crippen molar-refractivity contribution in [2.75, 3.05) is 0 Å². The third-order valence-electron chi connectivity index (χ3n) is 2.95. The molecule has 0 aliphatic carbocycles. The molecule has 1 unspecified atom stereocenters. The molecule has 1 atom stereocenters. The molecule has 0 radical (unpaired) electrons. The van der Waals surface area contributed by atoms with Gasteiger partial charge in [-0.05, 0) is 27.2 Å². The molecule has 0 spiro atoms. The van der Waals surface area contributed by atoms with Crippen LogP contribution >= 0.6 is 12.4 Å².